The second-order valence-corrected chi connectivity index (χ2v) is 5.03. The van der Waals surface area contributed by atoms with Gasteiger partial charge in [-0.25, -0.2) is 0 Å². The van der Waals surface area contributed by atoms with Crippen LogP contribution >= 0.6 is 0 Å². The van der Waals surface area contributed by atoms with Crippen molar-refractivity contribution in [2.75, 3.05) is 33.2 Å². The molecule has 0 saturated heterocycles. The molecule has 0 saturated carbocycles. The fraction of sp³-hybridized carbons (Fsp3) is 1.00. The average molecular weight is 230 g/mol. The van der Waals surface area contributed by atoms with E-state index in [9.17, 15) is 5.11 Å². The molecule has 3 nitrogen and oxygen atoms in total. The number of aliphatic hydroxyl groups excluding tert-OH is 1. The normalized spacial score (nSPS) is 14.4. The monoisotopic (exact) mass is 230 g/mol. The van der Waals surface area contributed by atoms with Gasteiger partial charge in [0.2, 0.25) is 0 Å². The lowest BCUT2D eigenvalue weighted by atomic mass is 9.81. The smallest absolute Gasteiger partial charge is 0.0638 e. The minimum atomic E-state index is -0.240. The summed E-state index contributed by atoms with van der Waals surface area (Å²) in [5, 5.41) is 12.8. The van der Waals surface area contributed by atoms with Crippen molar-refractivity contribution >= 4 is 0 Å². The molecule has 0 radical (unpaired) electrons. The van der Waals surface area contributed by atoms with Crippen molar-refractivity contribution in [2.24, 2.45) is 5.41 Å². The highest BCUT2D eigenvalue weighted by Gasteiger charge is 2.27. The first kappa shape index (κ1) is 15.9. The van der Waals surface area contributed by atoms with E-state index >= 15 is 0 Å². The van der Waals surface area contributed by atoms with Crippen LogP contribution in [0.2, 0.25) is 0 Å². The van der Waals surface area contributed by atoms with E-state index < -0.39 is 0 Å². The zero-order chi connectivity index (χ0) is 12.6. The molecule has 2 N–H and O–H groups in total. The van der Waals surface area contributed by atoms with E-state index in [4.69, 9.17) is 0 Å². The molecule has 0 bridgehead atoms. The molecule has 1 unspecified atom stereocenters. The third-order valence-electron chi connectivity index (χ3n) is 3.43. The molecule has 0 aromatic rings. The van der Waals surface area contributed by atoms with Gasteiger partial charge in [-0.3, -0.25) is 0 Å². The Morgan fingerprint density at radius 2 is 1.81 bits per heavy atom. The average Bonchev–Trinajstić information content (AvgIpc) is 2.23. The Kier molecular flexibility index (Phi) is 7.98. The quantitative estimate of drug-likeness (QED) is 0.633. The lowest BCUT2D eigenvalue weighted by Crippen LogP contribution is -2.44. The number of likely N-dealkylation sites (N-methyl/N-ethyl adjacent to an activating group) is 1. The predicted molar refractivity (Wildman–Crippen MR) is 70.7 cm³/mol. The van der Waals surface area contributed by atoms with E-state index in [1.165, 1.54) is 12.8 Å². The molecule has 3 heteroatoms. The summed E-state index contributed by atoms with van der Waals surface area (Å²) in [5.41, 5.74) is 0.347. The zero-order valence-electron chi connectivity index (χ0n) is 11.7. The maximum Gasteiger partial charge on any atom is 0.0638 e. The minimum Gasteiger partial charge on any atom is -0.392 e. The molecule has 0 rings (SSSR count). The summed E-state index contributed by atoms with van der Waals surface area (Å²) >= 11 is 0. The van der Waals surface area contributed by atoms with Crippen LogP contribution in [0.1, 0.15) is 40.5 Å². The molecule has 16 heavy (non-hydrogen) atoms. The van der Waals surface area contributed by atoms with E-state index in [1.54, 1.807) is 0 Å². The Balaban J connectivity index is 4.28. The molecule has 0 aliphatic carbocycles. The van der Waals surface area contributed by atoms with Crippen molar-refractivity contribution in [2.45, 2.75) is 46.6 Å². The minimum absolute atomic E-state index is 0.240. The number of aliphatic hydroxyl groups is 1. The maximum atomic E-state index is 9.38. The molecule has 0 fully saturated rings. The van der Waals surface area contributed by atoms with Crippen LogP contribution in [-0.4, -0.2) is 49.3 Å². The van der Waals surface area contributed by atoms with Crippen LogP contribution in [0.15, 0.2) is 0 Å². The van der Waals surface area contributed by atoms with E-state index in [0.29, 0.717) is 5.41 Å². The van der Waals surface area contributed by atoms with Crippen molar-refractivity contribution in [3.8, 4) is 0 Å². The molecule has 1 atom stereocenters. The lowest BCUT2D eigenvalue weighted by Gasteiger charge is -2.36. The summed E-state index contributed by atoms with van der Waals surface area (Å²) in [6.07, 6.45) is 2.12. The van der Waals surface area contributed by atoms with Crippen molar-refractivity contribution in [1.82, 2.24) is 10.2 Å². The van der Waals surface area contributed by atoms with Crippen LogP contribution in [-0.2, 0) is 0 Å². The lowest BCUT2D eigenvalue weighted by molar-refractivity contribution is 0.0989. The Morgan fingerprint density at radius 1 is 1.25 bits per heavy atom. The Labute approximate surface area is 101 Å². The van der Waals surface area contributed by atoms with Crippen molar-refractivity contribution in [3.63, 3.8) is 0 Å². The van der Waals surface area contributed by atoms with Gasteiger partial charge in [0.05, 0.1) is 6.10 Å². The van der Waals surface area contributed by atoms with Gasteiger partial charge < -0.3 is 15.3 Å². The van der Waals surface area contributed by atoms with E-state index in [2.05, 4.69) is 38.0 Å². The van der Waals surface area contributed by atoms with Crippen molar-refractivity contribution < 1.29 is 5.11 Å². The molecule has 0 amide bonds. The summed E-state index contributed by atoms with van der Waals surface area (Å²) in [6, 6.07) is 0. The van der Waals surface area contributed by atoms with Crippen molar-refractivity contribution in [3.05, 3.63) is 0 Å². The number of nitrogens with one attached hydrogen (secondary N) is 1. The van der Waals surface area contributed by atoms with Crippen LogP contribution in [0.25, 0.3) is 0 Å². The molecule has 0 aliphatic heterocycles. The summed E-state index contributed by atoms with van der Waals surface area (Å²) in [4.78, 5) is 2.25. The highest BCUT2D eigenvalue weighted by atomic mass is 16.3. The molecule has 0 spiro atoms. The van der Waals surface area contributed by atoms with Gasteiger partial charge in [-0.15, -0.1) is 0 Å². The van der Waals surface area contributed by atoms with Crippen LogP contribution in [0.3, 0.4) is 0 Å². The second kappa shape index (κ2) is 8.04. The summed E-state index contributed by atoms with van der Waals surface area (Å²) in [7, 11) is 2.10. The molecule has 0 heterocycles. The van der Waals surface area contributed by atoms with Crippen LogP contribution in [0.4, 0.5) is 0 Å². The predicted octanol–water partition coefficient (Wildman–Crippen LogP) is 1.71. The van der Waals surface area contributed by atoms with E-state index in [-0.39, 0.29) is 6.10 Å². The summed E-state index contributed by atoms with van der Waals surface area (Å²) in [5.74, 6) is 0. The molecular formula is C13H30N2O. The van der Waals surface area contributed by atoms with Gasteiger partial charge in [-0.2, -0.15) is 0 Å². The van der Waals surface area contributed by atoms with Gasteiger partial charge in [0, 0.05) is 19.6 Å². The number of nitrogens with zero attached hydrogens (tertiary/aromatic N) is 1. The third-order valence-corrected chi connectivity index (χ3v) is 3.43. The number of hydrogen-bond acceptors (Lipinski definition) is 3. The van der Waals surface area contributed by atoms with Gasteiger partial charge in [0.1, 0.15) is 0 Å². The first-order chi connectivity index (χ1) is 7.49. The summed E-state index contributed by atoms with van der Waals surface area (Å²) in [6.45, 7) is 12.4. The molecule has 0 aromatic heterocycles. The highest BCUT2D eigenvalue weighted by molar-refractivity contribution is 4.82. The molecule has 0 aromatic carbocycles. The number of rotatable bonds is 9. The third kappa shape index (κ3) is 5.83. The van der Waals surface area contributed by atoms with Gasteiger partial charge in [-0.05, 0) is 38.8 Å². The van der Waals surface area contributed by atoms with Gasteiger partial charge in [0.15, 0.2) is 0 Å². The maximum absolute atomic E-state index is 9.38. The largest absolute Gasteiger partial charge is 0.392 e. The molecule has 98 valence electrons. The topological polar surface area (TPSA) is 35.5 Å². The second-order valence-electron chi connectivity index (χ2n) is 5.03. The SMILES string of the molecule is CCNCC(CC)(CC)CN(C)CC(C)O. The van der Waals surface area contributed by atoms with Gasteiger partial charge >= 0.3 is 0 Å². The van der Waals surface area contributed by atoms with Crippen molar-refractivity contribution in [1.29, 1.82) is 0 Å². The Morgan fingerprint density at radius 3 is 2.19 bits per heavy atom. The van der Waals surface area contributed by atoms with Crippen LogP contribution in [0, 0.1) is 5.41 Å². The Hall–Kier alpha value is -0.120. The van der Waals surface area contributed by atoms with Crippen LogP contribution in [0.5, 0.6) is 0 Å². The fourth-order valence-electron chi connectivity index (χ4n) is 2.26. The summed E-state index contributed by atoms with van der Waals surface area (Å²) < 4.78 is 0. The standard InChI is InChI=1S/C13H30N2O/c1-6-13(7-2,10-14-8-3)11-15(5)9-12(4)16/h12,14,16H,6-11H2,1-5H3. The van der Waals surface area contributed by atoms with Gasteiger partial charge in [0.25, 0.3) is 0 Å². The highest BCUT2D eigenvalue weighted by Crippen LogP contribution is 2.26. The molecular weight excluding hydrogens is 200 g/mol. The van der Waals surface area contributed by atoms with Crippen LogP contribution < -0.4 is 5.32 Å². The fourth-order valence-corrected chi connectivity index (χ4v) is 2.26. The first-order valence-electron chi connectivity index (χ1n) is 6.57. The number of hydrogen-bond donors (Lipinski definition) is 2. The first-order valence-corrected chi connectivity index (χ1v) is 6.57. The van der Waals surface area contributed by atoms with Gasteiger partial charge in [-0.1, -0.05) is 20.8 Å². The van der Waals surface area contributed by atoms with E-state index in [0.717, 1.165) is 26.2 Å². The zero-order valence-corrected chi connectivity index (χ0v) is 11.7. The Bertz CT molecular complexity index is 167. The molecule has 0 aliphatic rings. The van der Waals surface area contributed by atoms with E-state index in [1.807, 2.05) is 6.92 Å².